The molecular formula is C7H12O6S. The number of hydrogen-bond acceptors (Lipinski definition) is 5. The van der Waals surface area contributed by atoms with E-state index in [0.29, 0.717) is 0 Å². The first-order valence-corrected chi connectivity index (χ1v) is 5.19. The maximum atomic E-state index is 10.8. The lowest BCUT2D eigenvalue weighted by molar-refractivity contribution is -0.139. The highest BCUT2D eigenvalue weighted by molar-refractivity contribution is 7.86. The predicted octanol–water partition coefficient (Wildman–Crippen LogP) is -0.646. The van der Waals surface area contributed by atoms with E-state index in [-0.39, 0.29) is 5.57 Å². The molecule has 7 heteroatoms. The van der Waals surface area contributed by atoms with Crippen molar-refractivity contribution >= 4 is 16.1 Å². The van der Waals surface area contributed by atoms with Gasteiger partial charge in [0.15, 0.2) is 0 Å². The molecule has 0 saturated carbocycles. The molecule has 0 bridgehead atoms. The highest BCUT2D eigenvalue weighted by Gasteiger charge is 2.23. The van der Waals surface area contributed by atoms with Crippen molar-refractivity contribution in [2.24, 2.45) is 0 Å². The molecule has 2 N–H and O–H groups in total. The molecule has 0 amide bonds. The van der Waals surface area contributed by atoms with Crippen LogP contribution >= 0.6 is 0 Å². The van der Waals surface area contributed by atoms with Gasteiger partial charge in [0, 0.05) is 5.57 Å². The summed E-state index contributed by atoms with van der Waals surface area (Å²) >= 11 is 0. The summed E-state index contributed by atoms with van der Waals surface area (Å²) in [4.78, 5) is 10.8. The van der Waals surface area contributed by atoms with Crippen LogP contribution in [0.1, 0.15) is 6.92 Å². The van der Waals surface area contributed by atoms with E-state index in [1.54, 1.807) is 0 Å². The predicted molar refractivity (Wildman–Crippen MR) is 48.2 cm³/mol. The van der Waals surface area contributed by atoms with Gasteiger partial charge in [-0.25, -0.2) is 4.79 Å². The first-order valence-electron chi connectivity index (χ1n) is 3.68. The van der Waals surface area contributed by atoms with Gasteiger partial charge >= 0.3 is 5.97 Å². The van der Waals surface area contributed by atoms with Crippen molar-refractivity contribution in [3.05, 3.63) is 12.2 Å². The van der Waals surface area contributed by atoms with Gasteiger partial charge in [-0.2, -0.15) is 8.42 Å². The molecule has 82 valence electrons. The topological polar surface area (TPSA) is 101 Å². The van der Waals surface area contributed by atoms with Crippen LogP contribution in [-0.4, -0.2) is 42.5 Å². The Bertz CT molecular complexity index is 317. The lowest BCUT2D eigenvalue weighted by Crippen LogP contribution is -2.30. The molecule has 0 aliphatic rings. The van der Waals surface area contributed by atoms with Gasteiger partial charge in [-0.3, -0.25) is 4.55 Å². The summed E-state index contributed by atoms with van der Waals surface area (Å²) in [5.41, 5.74) is 0.108. The molecule has 0 aromatic rings. The third-order valence-corrected chi connectivity index (χ3v) is 2.50. The number of carbonyl (C=O) groups is 1. The lowest BCUT2D eigenvalue weighted by Gasteiger charge is -2.10. The molecule has 0 spiro atoms. The SMILES string of the molecule is C=C(C)C(=O)OCC(CO)S(=O)(=O)O. The average molecular weight is 224 g/mol. The molecule has 6 nitrogen and oxygen atoms in total. The third-order valence-electron chi connectivity index (χ3n) is 1.37. The highest BCUT2D eigenvalue weighted by Crippen LogP contribution is 2.01. The summed E-state index contributed by atoms with van der Waals surface area (Å²) in [5, 5.41) is 7.05. The quantitative estimate of drug-likeness (QED) is 0.366. The summed E-state index contributed by atoms with van der Waals surface area (Å²) in [6.45, 7) is 3.25. The Morgan fingerprint density at radius 2 is 2.07 bits per heavy atom. The first-order chi connectivity index (χ1) is 6.29. The standard InChI is InChI=1S/C7H12O6S/c1-5(2)7(9)13-4-6(3-8)14(10,11)12/h6,8H,1,3-4H2,2H3,(H,10,11,12). The summed E-state index contributed by atoms with van der Waals surface area (Å²) in [6.07, 6.45) is 0. The zero-order chi connectivity index (χ0) is 11.4. The third kappa shape index (κ3) is 4.35. The summed E-state index contributed by atoms with van der Waals surface area (Å²) in [5.74, 6) is -0.771. The van der Waals surface area contributed by atoms with Gasteiger partial charge in [-0.1, -0.05) is 6.58 Å². The van der Waals surface area contributed by atoms with E-state index in [1.165, 1.54) is 6.92 Å². The van der Waals surface area contributed by atoms with Crippen molar-refractivity contribution in [2.45, 2.75) is 12.2 Å². The van der Waals surface area contributed by atoms with Crippen LogP contribution in [0.5, 0.6) is 0 Å². The zero-order valence-corrected chi connectivity index (χ0v) is 8.45. The van der Waals surface area contributed by atoms with Gasteiger partial charge in [0.1, 0.15) is 11.9 Å². The van der Waals surface area contributed by atoms with Crippen molar-refractivity contribution in [3.63, 3.8) is 0 Å². The maximum absolute atomic E-state index is 10.8. The van der Waals surface area contributed by atoms with Crippen molar-refractivity contribution in [1.82, 2.24) is 0 Å². The fraction of sp³-hybridized carbons (Fsp3) is 0.571. The van der Waals surface area contributed by atoms with Crippen molar-refractivity contribution in [1.29, 1.82) is 0 Å². The van der Waals surface area contributed by atoms with E-state index in [2.05, 4.69) is 11.3 Å². The number of ether oxygens (including phenoxy) is 1. The number of carbonyl (C=O) groups excluding carboxylic acids is 1. The monoisotopic (exact) mass is 224 g/mol. The number of rotatable bonds is 5. The van der Waals surface area contributed by atoms with E-state index >= 15 is 0 Å². The molecule has 0 aliphatic heterocycles. The molecule has 0 saturated heterocycles. The van der Waals surface area contributed by atoms with E-state index in [4.69, 9.17) is 9.66 Å². The summed E-state index contributed by atoms with van der Waals surface area (Å²) in [7, 11) is -4.39. The van der Waals surface area contributed by atoms with E-state index in [1.807, 2.05) is 0 Å². The molecule has 0 aromatic heterocycles. The number of esters is 1. The average Bonchev–Trinajstić information content (AvgIpc) is 2.02. The van der Waals surface area contributed by atoms with Crippen LogP contribution < -0.4 is 0 Å². The number of aliphatic hydroxyl groups is 1. The van der Waals surface area contributed by atoms with Crippen molar-refractivity contribution in [2.75, 3.05) is 13.2 Å². The molecule has 0 radical (unpaired) electrons. The van der Waals surface area contributed by atoms with Gasteiger partial charge in [0.25, 0.3) is 10.1 Å². The Morgan fingerprint density at radius 1 is 1.57 bits per heavy atom. The molecule has 0 fully saturated rings. The molecule has 0 aromatic carbocycles. The second-order valence-corrected chi connectivity index (χ2v) is 4.39. The molecule has 0 heterocycles. The van der Waals surface area contributed by atoms with E-state index < -0.39 is 34.6 Å². The lowest BCUT2D eigenvalue weighted by atomic mass is 10.4. The summed E-state index contributed by atoms with van der Waals surface area (Å²) < 4.78 is 34.0. The Kier molecular flexibility index (Phi) is 4.75. The Labute approximate surface area is 81.9 Å². The highest BCUT2D eigenvalue weighted by atomic mass is 32.2. The molecule has 1 unspecified atom stereocenters. The Morgan fingerprint density at radius 3 is 2.36 bits per heavy atom. The second kappa shape index (κ2) is 5.08. The zero-order valence-electron chi connectivity index (χ0n) is 7.63. The minimum atomic E-state index is -4.39. The van der Waals surface area contributed by atoms with Crippen LogP contribution in [0.15, 0.2) is 12.2 Å². The number of hydrogen-bond donors (Lipinski definition) is 2. The smallest absolute Gasteiger partial charge is 0.333 e. The Balaban J connectivity index is 4.24. The van der Waals surface area contributed by atoms with Crippen molar-refractivity contribution < 1.29 is 27.6 Å². The molecule has 1 atom stereocenters. The van der Waals surface area contributed by atoms with Gasteiger partial charge in [0.2, 0.25) is 0 Å². The maximum Gasteiger partial charge on any atom is 0.333 e. The summed E-state index contributed by atoms with van der Waals surface area (Å²) in [6, 6.07) is 0. The van der Waals surface area contributed by atoms with Crippen LogP contribution in [0.4, 0.5) is 0 Å². The van der Waals surface area contributed by atoms with Crippen molar-refractivity contribution in [3.8, 4) is 0 Å². The molecule has 0 rings (SSSR count). The van der Waals surface area contributed by atoms with Crippen LogP contribution in [0, 0.1) is 0 Å². The normalized spacial score (nSPS) is 13.4. The molecular weight excluding hydrogens is 212 g/mol. The first kappa shape index (κ1) is 13.1. The van der Waals surface area contributed by atoms with Gasteiger partial charge in [0.05, 0.1) is 6.61 Å². The van der Waals surface area contributed by atoms with E-state index in [9.17, 15) is 13.2 Å². The fourth-order valence-electron chi connectivity index (χ4n) is 0.525. The van der Waals surface area contributed by atoms with Crippen LogP contribution in [0.2, 0.25) is 0 Å². The van der Waals surface area contributed by atoms with Gasteiger partial charge < -0.3 is 9.84 Å². The van der Waals surface area contributed by atoms with Gasteiger partial charge in [-0.05, 0) is 6.92 Å². The van der Waals surface area contributed by atoms with E-state index in [0.717, 1.165) is 0 Å². The minimum absolute atomic E-state index is 0.108. The minimum Gasteiger partial charge on any atom is -0.461 e. The largest absolute Gasteiger partial charge is 0.461 e. The van der Waals surface area contributed by atoms with Crippen LogP contribution in [0.25, 0.3) is 0 Å². The molecule has 0 aliphatic carbocycles. The fourth-order valence-corrected chi connectivity index (χ4v) is 0.953. The number of aliphatic hydroxyl groups excluding tert-OH is 1. The van der Waals surface area contributed by atoms with Gasteiger partial charge in [-0.15, -0.1) is 0 Å². The Hall–Kier alpha value is -0.920. The van der Waals surface area contributed by atoms with Crippen LogP contribution in [-0.2, 0) is 19.6 Å². The molecule has 14 heavy (non-hydrogen) atoms. The second-order valence-electron chi connectivity index (χ2n) is 2.70. The van der Waals surface area contributed by atoms with Crippen LogP contribution in [0.3, 0.4) is 0 Å².